The first-order chi connectivity index (χ1) is 18.3. The number of methoxy groups -OCH3 is 1. The van der Waals surface area contributed by atoms with Gasteiger partial charge in [-0.1, -0.05) is 23.7 Å². The van der Waals surface area contributed by atoms with Gasteiger partial charge in [0.05, 0.1) is 18.2 Å². The molecule has 0 aliphatic carbocycles. The van der Waals surface area contributed by atoms with E-state index in [1.54, 1.807) is 38.2 Å². The number of pyridine rings is 1. The van der Waals surface area contributed by atoms with E-state index < -0.39 is 6.09 Å². The SMILES string of the molecule is COCC(C)OC(=O)N(C)C1CN(C(=O)C2CCN(c3ccc(C#N)cn3)CC2)CC1c1ccc(Cl)cc1. The molecule has 3 heterocycles. The van der Waals surface area contributed by atoms with Crippen LogP contribution in [0.1, 0.15) is 36.8 Å². The highest BCUT2D eigenvalue weighted by Crippen LogP contribution is 2.34. The maximum atomic E-state index is 13.6. The zero-order valence-corrected chi connectivity index (χ0v) is 22.8. The molecule has 4 rings (SSSR count). The third-order valence-corrected chi connectivity index (χ3v) is 7.68. The average molecular weight is 540 g/mol. The van der Waals surface area contributed by atoms with Gasteiger partial charge in [0.1, 0.15) is 18.0 Å². The van der Waals surface area contributed by atoms with Crippen molar-refractivity contribution in [3.8, 4) is 6.07 Å². The molecule has 10 heteroatoms. The van der Waals surface area contributed by atoms with E-state index in [2.05, 4.69) is 16.0 Å². The van der Waals surface area contributed by atoms with Gasteiger partial charge < -0.3 is 24.2 Å². The Balaban J connectivity index is 1.43. The number of likely N-dealkylation sites (N-methyl/N-ethyl adjacent to an activating group) is 1. The lowest BCUT2D eigenvalue weighted by molar-refractivity contribution is -0.135. The van der Waals surface area contributed by atoms with Crippen LogP contribution in [0.5, 0.6) is 0 Å². The molecule has 2 amide bonds. The quantitative estimate of drug-likeness (QED) is 0.526. The zero-order valence-electron chi connectivity index (χ0n) is 22.0. The number of carbonyl (C=O) groups excluding carboxylic acids is 2. The van der Waals surface area contributed by atoms with Crippen molar-refractivity contribution in [3.63, 3.8) is 0 Å². The van der Waals surface area contributed by atoms with Gasteiger partial charge in [0.15, 0.2) is 0 Å². The zero-order chi connectivity index (χ0) is 27.2. The molecule has 3 unspecified atom stereocenters. The van der Waals surface area contributed by atoms with E-state index in [1.165, 1.54) is 0 Å². The number of anilines is 1. The van der Waals surface area contributed by atoms with Crippen LogP contribution >= 0.6 is 11.6 Å². The second-order valence-corrected chi connectivity index (χ2v) is 10.4. The molecule has 9 nitrogen and oxygen atoms in total. The van der Waals surface area contributed by atoms with Gasteiger partial charge in [-0.05, 0) is 49.6 Å². The van der Waals surface area contributed by atoms with Crippen LogP contribution in [0, 0.1) is 17.2 Å². The van der Waals surface area contributed by atoms with E-state index in [0.717, 1.165) is 37.3 Å². The van der Waals surface area contributed by atoms with Gasteiger partial charge in [-0.2, -0.15) is 5.26 Å². The largest absolute Gasteiger partial charge is 0.444 e. The summed E-state index contributed by atoms with van der Waals surface area (Å²) in [4.78, 5) is 36.6. The molecule has 1 aromatic carbocycles. The Labute approximate surface area is 228 Å². The maximum Gasteiger partial charge on any atom is 0.410 e. The van der Waals surface area contributed by atoms with Crippen LogP contribution in [0.25, 0.3) is 0 Å². The maximum absolute atomic E-state index is 13.6. The molecule has 1 aromatic heterocycles. The van der Waals surface area contributed by atoms with Crippen molar-refractivity contribution in [1.29, 1.82) is 5.26 Å². The number of hydrogen-bond acceptors (Lipinski definition) is 7. The molecule has 2 fully saturated rings. The fourth-order valence-electron chi connectivity index (χ4n) is 5.31. The fraction of sp³-hybridized carbons (Fsp3) is 0.500. The Bertz CT molecular complexity index is 1150. The molecule has 0 bridgehead atoms. The number of halogens is 1. The van der Waals surface area contributed by atoms with E-state index in [-0.39, 0.29) is 29.9 Å². The van der Waals surface area contributed by atoms with Crippen LogP contribution in [0.4, 0.5) is 10.6 Å². The van der Waals surface area contributed by atoms with Crippen LogP contribution in [0.15, 0.2) is 42.6 Å². The molecule has 0 spiro atoms. The topological polar surface area (TPSA) is 99.0 Å². The molecule has 202 valence electrons. The lowest BCUT2D eigenvalue weighted by atomic mass is 9.93. The third kappa shape index (κ3) is 6.37. The molecule has 3 atom stereocenters. The minimum atomic E-state index is -0.434. The highest BCUT2D eigenvalue weighted by molar-refractivity contribution is 6.30. The lowest BCUT2D eigenvalue weighted by Crippen LogP contribution is -2.45. The number of likely N-dealkylation sites (tertiary alicyclic amines) is 1. The Kier molecular flexibility index (Phi) is 9.08. The van der Waals surface area contributed by atoms with Gasteiger partial charge >= 0.3 is 6.09 Å². The van der Waals surface area contributed by atoms with Gasteiger partial charge in [0.25, 0.3) is 0 Å². The van der Waals surface area contributed by atoms with Crippen molar-refractivity contribution in [2.75, 3.05) is 51.8 Å². The molecule has 2 aromatic rings. The molecule has 2 saturated heterocycles. The van der Waals surface area contributed by atoms with Crippen molar-refractivity contribution in [1.82, 2.24) is 14.8 Å². The molecule has 0 N–H and O–H groups in total. The number of aromatic nitrogens is 1. The standard InChI is InChI=1S/C28H34ClN5O4/c1-19(18-37-3)38-28(36)32(2)25-17-34(16-24(25)21-5-7-23(29)8-6-21)27(35)22-10-12-33(13-11-22)26-9-4-20(14-30)15-31-26/h4-9,15,19,22,24-25H,10-13,16-18H2,1-3H3. The summed E-state index contributed by atoms with van der Waals surface area (Å²) in [5.74, 6) is 0.790. The summed E-state index contributed by atoms with van der Waals surface area (Å²) < 4.78 is 10.6. The number of nitrogens with zero attached hydrogens (tertiary/aromatic N) is 5. The first-order valence-corrected chi connectivity index (χ1v) is 13.3. The Morgan fingerprint density at radius 2 is 1.89 bits per heavy atom. The van der Waals surface area contributed by atoms with Gasteiger partial charge in [-0.15, -0.1) is 0 Å². The molecular weight excluding hydrogens is 506 g/mol. The Morgan fingerprint density at radius 3 is 2.50 bits per heavy atom. The molecule has 0 saturated carbocycles. The van der Waals surface area contributed by atoms with Crippen molar-refractivity contribution >= 4 is 29.4 Å². The molecular formula is C28H34ClN5O4. The number of piperidine rings is 1. The summed E-state index contributed by atoms with van der Waals surface area (Å²) in [5, 5.41) is 9.64. The summed E-state index contributed by atoms with van der Waals surface area (Å²) in [6.45, 7) is 4.50. The number of rotatable bonds is 7. The predicted molar refractivity (Wildman–Crippen MR) is 144 cm³/mol. The second kappa shape index (κ2) is 12.5. The smallest absolute Gasteiger partial charge is 0.410 e. The molecule has 2 aliphatic heterocycles. The van der Waals surface area contributed by atoms with Crippen LogP contribution in [-0.4, -0.2) is 85.9 Å². The van der Waals surface area contributed by atoms with Gasteiger partial charge in [0, 0.05) is 63.4 Å². The first-order valence-electron chi connectivity index (χ1n) is 12.9. The summed E-state index contributed by atoms with van der Waals surface area (Å²) >= 11 is 6.12. The number of benzene rings is 1. The highest BCUT2D eigenvalue weighted by atomic mass is 35.5. The van der Waals surface area contributed by atoms with Crippen molar-refractivity contribution in [3.05, 3.63) is 58.7 Å². The van der Waals surface area contributed by atoms with E-state index in [1.807, 2.05) is 35.2 Å². The molecule has 2 aliphatic rings. The van der Waals surface area contributed by atoms with Crippen molar-refractivity contribution in [2.24, 2.45) is 5.92 Å². The van der Waals surface area contributed by atoms with Crippen LogP contribution in [0.3, 0.4) is 0 Å². The number of hydrogen-bond donors (Lipinski definition) is 0. The number of amides is 2. The van der Waals surface area contributed by atoms with Crippen molar-refractivity contribution < 1.29 is 19.1 Å². The third-order valence-electron chi connectivity index (χ3n) is 7.43. The van der Waals surface area contributed by atoms with Crippen molar-refractivity contribution in [2.45, 2.75) is 37.8 Å². The lowest BCUT2D eigenvalue weighted by Gasteiger charge is -2.34. The minimum absolute atomic E-state index is 0.0607. The fourth-order valence-corrected chi connectivity index (χ4v) is 5.43. The van der Waals surface area contributed by atoms with E-state index in [0.29, 0.717) is 30.3 Å². The predicted octanol–water partition coefficient (Wildman–Crippen LogP) is 3.92. The number of nitriles is 1. The van der Waals surface area contributed by atoms with Crippen LogP contribution < -0.4 is 4.90 Å². The molecule has 38 heavy (non-hydrogen) atoms. The average Bonchev–Trinajstić information content (AvgIpc) is 3.38. The van der Waals surface area contributed by atoms with E-state index in [4.69, 9.17) is 26.3 Å². The second-order valence-electron chi connectivity index (χ2n) is 10.0. The number of carbonyl (C=O) groups is 2. The van der Waals surface area contributed by atoms with E-state index >= 15 is 0 Å². The summed E-state index contributed by atoms with van der Waals surface area (Å²) in [5.41, 5.74) is 1.56. The Morgan fingerprint density at radius 1 is 1.18 bits per heavy atom. The van der Waals surface area contributed by atoms with Gasteiger partial charge in [-0.3, -0.25) is 4.79 Å². The van der Waals surface area contributed by atoms with E-state index in [9.17, 15) is 9.59 Å². The summed E-state index contributed by atoms with van der Waals surface area (Å²) in [7, 11) is 3.29. The first kappa shape index (κ1) is 27.7. The Hall–Kier alpha value is -3.35. The van der Waals surface area contributed by atoms with Gasteiger partial charge in [-0.25, -0.2) is 9.78 Å². The molecule has 0 radical (unpaired) electrons. The highest BCUT2D eigenvalue weighted by Gasteiger charge is 2.42. The monoisotopic (exact) mass is 539 g/mol. The van der Waals surface area contributed by atoms with Gasteiger partial charge in [0.2, 0.25) is 5.91 Å². The minimum Gasteiger partial charge on any atom is -0.444 e. The normalized spacial score (nSPS) is 20.6. The summed E-state index contributed by atoms with van der Waals surface area (Å²) in [6, 6.07) is 13.1. The van der Waals surface area contributed by atoms with Crippen LogP contribution in [0.2, 0.25) is 5.02 Å². The summed E-state index contributed by atoms with van der Waals surface area (Å²) in [6.07, 6.45) is 2.21. The van der Waals surface area contributed by atoms with Crippen LogP contribution in [-0.2, 0) is 14.3 Å². The number of ether oxygens (including phenoxy) is 2.